The summed E-state index contributed by atoms with van der Waals surface area (Å²) in [5, 5.41) is 3.43. The second-order valence-electron chi connectivity index (χ2n) is 9.78. The Hall–Kier alpha value is -3.00. The molecule has 0 spiro atoms. The Labute approximate surface area is 200 Å². The van der Waals surface area contributed by atoms with Crippen molar-refractivity contribution in [2.45, 2.75) is 39.5 Å². The van der Waals surface area contributed by atoms with Gasteiger partial charge in [-0.15, -0.1) is 0 Å². The maximum Gasteiger partial charge on any atom is 0.252 e. The van der Waals surface area contributed by atoms with E-state index in [0.29, 0.717) is 66.7 Å². The van der Waals surface area contributed by atoms with Crippen molar-refractivity contribution >= 4 is 11.7 Å². The van der Waals surface area contributed by atoms with Gasteiger partial charge in [-0.05, 0) is 24.8 Å². The molecule has 1 saturated heterocycles. The number of methoxy groups -OCH3 is 3. The molecule has 1 fully saturated rings. The van der Waals surface area contributed by atoms with E-state index in [1.807, 2.05) is 13.0 Å². The second kappa shape index (κ2) is 9.33. The quantitative estimate of drug-likeness (QED) is 0.707. The number of hydrogen-bond donors (Lipinski definition) is 1. The molecule has 0 radical (unpaired) electrons. The smallest absolute Gasteiger partial charge is 0.252 e. The van der Waals surface area contributed by atoms with Crippen molar-refractivity contribution in [1.82, 2.24) is 10.2 Å². The number of ketones is 1. The monoisotopic (exact) mass is 470 g/mol. The average Bonchev–Trinajstić information content (AvgIpc) is 2.81. The van der Waals surface area contributed by atoms with Crippen LogP contribution in [0, 0.1) is 5.41 Å². The van der Waals surface area contributed by atoms with E-state index in [4.69, 9.17) is 18.9 Å². The normalized spacial score (nSPS) is 22.2. The van der Waals surface area contributed by atoms with E-state index in [-0.39, 0.29) is 17.1 Å². The number of dihydropyridines is 1. The maximum atomic E-state index is 13.9. The lowest BCUT2D eigenvalue weighted by atomic mass is 9.68. The molecule has 3 aliphatic rings. The van der Waals surface area contributed by atoms with Crippen LogP contribution in [0.25, 0.3) is 0 Å². The number of hydrogen-bond acceptors (Lipinski definition) is 7. The number of nitrogens with zero attached hydrogens (tertiary/aromatic N) is 1. The van der Waals surface area contributed by atoms with Crippen molar-refractivity contribution in [2.75, 3.05) is 47.6 Å². The number of morpholine rings is 1. The Balaban J connectivity index is 1.93. The van der Waals surface area contributed by atoms with Crippen LogP contribution in [0.4, 0.5) is 0 Å². The minimum absolute atomic E-state index is 0.0420. The Morgan fingerprint density at radius 1 is 1.03 bits per heavy atom. The Morgan fingerprint density at radius 2 is 1.65 bits per heavy atom. The molecule has 1 amide bonds. The molecule has 184 valence electrons. The molecule has 0 saturated carbocycles. The van der Waals surface area contributed by atoms with E-state index in [9.17, 15) is 9.59 Å². The van der Waals surface area contributed by atoms with Crippen LogP contribution >= 0.6 is 0 Å². The third-order valence-corrected chi connectivity index (χ3v) is 6.82. The predicted molar refractivity (Wildman–Crippen MR) is 127 cm³/mol. The van der Waals surface area contributed by atoms with Crippen LogP contribution < -0.4 is 19.5 Å². The zero-order valence-corrected chi connectivity index (χ0v) is 20.9. The third kappa shape index (κ3) is 4.27. The van der Waals surface area contributed by atoms with Gasteiger partial charge in [-0.2, -0.15) is 0 Å². The molecule has 8 nitrogen and oxygen atoms in total. The predicted octanol–water partition coefficient (Wildman–Crippen LogP) is 3.18. The number of benzene rings is 1. The summed E-state index contributed by atoms with van der Waals surface area (Å²) in [4.78, 5) is 29.3. The molecule has 4 rings (SSSR count). The summed E-state index contributed by atoms with van der Waals surface area (Å²) in [5.74, 6) is 0.932. The summed E-state index contributed by atoms with van der Waals surface area (Å²) in [6.45, 7) is 8.11. The lowest BCUT2D eigenvalue weighted by Gasteiger charge is -2.41. The third-order valence-electron chi connectivity index (χ3n) is 6.82. The molecule has 1 N–H and O–H groups in total. The van der Waals surface area contributed by atoms with Crippen LogP contribution in [0.5, 0.6) is 17.2 Å². The van der Waals surface area contributed by atoms with Gasteiger partial charge < -0.3 is 29.2 Å². The Kier molecular flexibility index (Phi) is 6.62. The number of rotatable bonds is 5. The fourth-order valence-electron chi connectivity index (χ4n) is 5.25. The number of amides is 1. The fraction of sp³-hybridized carbons (Fsp3) is 0.538. The van der Waals surface area contributed by atoms with E-state index < -0.39 is 5.92 Å². The highest BCUT2D eigenvalue weighted by atomic mass is 16.5. The van der Waals surface area contributed by atoms with E-state index in [0.717, 1.165) is 17.8 Å². The van der Waals surface area contributed by atoms with Gasteiger partial charge in [0.05, 0.1) is 40.5 Å². The van der Waals surface area contributed by atoms with Gasteiger partial charge >= 0.3 is 0 Å². The zero-order valence-electron chi connectivity index (χ0n) is 20.9. The van der Waals surface area contributed by atoms with Crippen LogP contribution in [0.3, 0.4) is 0 Å². The second-order valence-corrected chi connectivity index (χ2v) is 9.78. The molecule has 2 heterocycles. The summed E-state index contributed by atoms with van der Waals surface area (Å²) in [6.07, 6.45) is 1.13. The van der Waals surface area contributed by atoms with Crippen molar-refractivity contribution in [3.05, 3.63) is 40.2 Å². The number of carbonyl (C=O) groups is 2. The molecule has 1 aliphatic carbocycles. The molecule has 1 atom stereocenters. The van der Waals surface area contributed by atoms with Gasteiger partial charge in [0.15, 0.2) is 17.3 Å². The van der Waals surface area contributed by atoms with Crippen molar-refractivity contribution in [3.63, 3.8) is 0 Å². The molecule has 0 bridgehead atoms. The van der Waals surface area contributed by atoms with Gasteiger partial charge in [0, 0.05) is 53.7 Å². The van der Waals surface area contributed by atoms with Crippen LogP contribution in [0.15, 0.2) is 34.7 Å². The maximum absolute atomic E-state index is 13.9. The number of carbonyl (C=O) groups excluding carboxylic acids is 2. The Morgan fingerprint density at radius 3 is 2.26 bits per heavy atom. The first kappa shape index (κ1) is 24.1. The van der Waals surface area contributed by atoms with Crippen molar-refractivity contribution in [3.8, 4) is 17.2 Å². The molecular weight excluding hydrogens is 436 g/mol. The molecule has 0 unspecified atom stereocenters. The summed E-state index contributed by atoms with van der Waals surface area (Å²) in [5.41, 5.74) is 3.35. The molecule has 2 aliphatic heterocycles. The van der Waals surface area contributed by atoms with Crippen LogP contribution in [-0.2, 0) is 14.3 Å². The highest BCUT2D eigenvalue weighted by Crippen LogP contribution is 2.50. The number of nitrogens with one attached hydrogen (secondary N) is 1. The van der Waals surface area contributed by atoms with Crippen LogP contribution in [0.2, 0.25) is 0 Å². The summed E-state index contributed by atoms with van der Waals surface area (Å²) in [6, 6.07) is 3.57. The van der Waals surface area contributed by atoms with Gasteiger partial charge in [-0.3, -0.25) is 9.59 Å². The summed E-state index contributed by atoms with van der Waals surface area (Å²) >= 11 is 0. The SMILES string of the molecule is COc1cc(OC)c([C@@H]2C(C(=O)N3CCOCC3)=C(C)NC3=C2C(=O)CC(C)(C)C3)cc1OC. The number of Topliss-reactive ketones (excluding diaryl/α,β-unsaturated/α-hetero) is 1. The molecular formula is C26H34N2O6. The van der Waals surface area contributed by atoms with Crippen molar-refractivity contribution in [2.24, 2.45) is 5.41 Å². The van der Waals surface area contributed by atoms with E-state index in [1.165, 1.54) is 0 Å². The minimum atomic E-state index is -0.579. The first-order valence-electron chi connectivity index (χ1n) is 11.6. The average molecular weight is 471 g/mol. The topological polar surface area (TPSA) is 86.3 Å². The van der Waals surface area contributed by atoms with Gasteiger partial charge in [-0.1, -0.05) is 13.8 Å². The highest BCUT2D eigenvalue weighted by Gasteiger charge is 2.44. The van der Waals surface area contributed by atoms with Crippen LogP contribution in [-0.4, -0.2) is 64.2 Å². The zero-order chi connectivity index (χ0) is 24.6. The van der Waals surface area contributed by atoms with Gasteiger partial charge in [0.25, 0.3) is 5.91 Å². The van der Waals surface area contributed by atoms with Gasteiger partial charge in [-0.25, -0.2) is 0 Å². The van der Waals surface area contributed by atoms with Crippen molar-refractivity contribution < 1.29 is 28.5 Å². The standard InChI is InChI=1S/C26H34N2O6/c1-15-22(25(30)28-7-9-34-10-8-28)23(24-17(27-15)13-26(2,3)14-18(24)29)16-11-20(32-5)21(33-6)12-19(16)31-4/h11-12,23,27H,7-10,13-14H2,1-6H3/t23-/m1/s1. The fourth-order valence-corrected chi connectivity index (χ4v) is 5.25. The molecule has 1 aromatic carbocycles. The largest absolute Gasteiger partial charge is 0.496 e. The molecule has 0 aromatic heterocycles. The molecule has 34 heavy (non-hydrogen) atoms. The first-order chi connectivity index (χ1) is 16.2. The summed E-state index contributed by atoms with van der Waals surface area (Å²) < 4.78 is 22.2. The van der Waals surface area contributed by atoms with Gasteiger partial charge in [0.1, 0.15) is 5.75 Å². The van der Waals surface area contributed by atoms with Crippen molar-refractivity contribution in [1.29, 1.82) is 0 Å². The molecule has 8 heteroatoms. The number of ether oxygens (including phenoxy) is 4. The van der Waals surface area contributed by atoms with E-state index in [2.05, 4.69) is 19.2 Å². The summed E-state index contributed by atoms with van der Waals surface area (Å²) in [7, 11) is 4.70. The molecule has 1 aromatic rings. The highest BCUT2D eigenvalue weighted by molar-refractivity contribution is 6.05. The number of allylic oxidation sites excluding steroid dienone is 3. The van der Waals surface area contributed by atoms with Gasteiger partial charge in [0.2, 0.25) is 0 Å². The van der Waals surface area contributed by atoms with E-state index >= 15 is 0 Å². The van der Waals surface area contributed by atoms with Crippen LogP contribution in [0.1, 0.15) is 45.1 Å². The van der Waals surface area contributed by atoms with E-state index in [1.54, 1.807) is 32.3 Å². The Bertz CT molecular complexity index is 1070. The minimum Gasteiger partial charge on any atom is -0.496 e. The lowest BCUT2D eigenvalue weighted by Crippen LogP contribution is -2.45. The lowest BCUT2D eigenvalue weighted by molar-refractivity contribution is -0.131. The first-order valence-corrected chi connectivity index (χ1v) is 11.6.